The first-order valence-corrected chi connectivity index (χ1v) is 7.76. The lowest BCUT2D eigenvalue weighted by Crippen LogP contribution is -2.31. The minimum Gasteiger partial charge on any atom is -0.408 e. The zero-order valence-electron chi connectivity index (χ0n) is 14.0. The zero-order valence-corrected chi connectivity index (χ0v) is 14.0. The third kappa shape index (κ3) is 3.71. The number of hydrogen-bond donors (Lipinski definition) is 1. The Bertz CT molecular complexity index is 960. The van der Waals surface area contributed by atoms with Crippen LogP contribution in [0.25, 0.3) is 11.1 Å². The van der Waals surface area contributed by atoms with Gasteiger partial charge in [-0.15, -0.1) is 0 Å². The maximum absolute atomic E-state index is 12.9. The number of benzene rings is 2. The van der Waals surface area contributed by atoms with Gasteiger partial charge in [0.25, 0.3) is 0 Å². The molecule has 0 fully saturated rings. The predicted octanol–water partition coefficient (Wildman–Crippen LogP) is 2.34. The van der Waals surface area contributed by atoms with Gasteiger partial charge in [0.15, 0.2) is 5.58 Å². The highest BCUT2D eigenvalue weighted by Crippen LogP contribution is 2.17. The quantitative estimate of drug-likeness (QED) is 0.772. The molecule has 6 nitrogen and oxygen atoms in total. The van der Waals surface area contributed by atoms with Crippen molar-refractivity contribution >= 4 is 22.7 Å². The van der Waals surface area contributed by atoms with Crippen LogP contribution >= 0.6 is 0 Å². The zero-order chi connectivity index (χ0) is 18.0. The number of carbonyl (C=O) groups excluding carboxylic acids is 1. The number of aromatic nitrogens is 1. The Balaban J connectivity index is 1.62. The minimum atomic E-state index is -0.428. The molecule has 7 heteroatoms. The highest BCUT2D eigenvalue weighted by Gasteiger charge is 2.11. The molecule has 0 radical (unpaired) electrons. The third-order valence-corrected chi connectivity index (χ3v) is 3.99. The molecule has 0 bridgehead atoms. The van der Waals surface area contributed by atoms with Gasteiger partial charge in [-0.3, -0.25) is 9.36 Å². The van der Waals surface area contributed by atoms with E-state index in [4.69, 9.17) is 4.42 Å². The fraction of sp³-hybridized carbons (Fsp3) is 0.222. The molecule has 0 aliphatic heterocycles. The second-order valence-corrected chi connectivity index (χ2v) is 5.84. The van der Waals surface area contributed by atoms with Gasteiger partial charge >= 0.3 is 5.76 Å². The normalized spacial score (nSPS) is 10.8. The highest BCUT2D eigenvalue weighted by molar-refractivity contribution is 5.82. The first-order chi connectivity index (χ1) is 11.9. The molecule has 1 N–H and O–H groups in total. The van der Waals surface area contributed by atoms with E-state index in [1.807, 2.05) is 0 Å². The molecule has 1 aromatic heterocycles. The topological polar surface area (TPSA) is 67.5 Å². The van der Waals surface area contributed by atoms with E-state index in [1.165, 1.54) is 16.7 Å². The van der Waals surface area contributed by atoms with Crippen LogP contribution in [0.5, 0.6) is 0 Å². The molecule has 3 aromatic rings. The van der Waals surface area contributed by atoms with Gasteiger partial charge in [0.05, 0.1) is 12.1 Å². The van der Waals surface area contributed by atoms with E-state index in [2.05, 4.69) is 5.32 Å². The fourth-order valence-corrected chi connectivity index (χ4v) is 2.50. The molecular formula is C18H18FN3O3. The van der Waals surface area contributed by atoms with Crippen LogP contribution in [0, 0.1) is 5.82 Å². The van der Waals surface area contributed by atoms with Gasteiger partial charge in [-0.1, -0.05) is 12.1 Å². The number of halogens is 1. The molecule has 0 unspecified atom stereocenters. The summed E-state index contributed by atoms with van der Waals surface area (Å²) in [5.41, 5.74) is 2.72. The molecule has 3 rings (SSSR count). The Labute approximate surface area is 143 Å². The van der Waals surface area contributed by atoms with Crippen molar-refractivity contribution in [1.29, 1.82) is 0 Å². The second-order valence-electron chi connectivity index (χ2n) is 5.84. The van der Waals surface area contributed by atoms with E-state index in [-0.39, 0.29) is 18.3 Å². The molecule has 1 amide bonds. The summed E-state index contributed by atoms with van der Waals surface area (Å²) in [5.74, 6) is -0.837. The Morgan fingerprint density at radius 2 is 1.96 bits per heavy atom. The van der Waals surface area contributed by atoms with Crippen LogP contribution < -0.4 is 11.1 Å². The number of hydrogen-bond acceptors (Lipinski definition) is 4. The van der Waals surface area contributed by atoms with Crippen LogP contribution in [0.15, 0.2) is 51.7 Å². The molecule has 0 saturated carbocycles. The van der Waals surface area contributed by atoms with Crippen molar-refractivity contribution in [3.63, 3.8) is 0 Å². The number of anilines is 1. The summed E-state index contributed by atoms with van der Waals surface area (Å²) in [5, 5.41) is 3.04. The van der Waals surface area contributed by atoms with Gasteiger partial charge in [-0.05, 0) is 35.9 Å². The van der Waals surface area contributed by atoms with Gasteiger partial charge in [-0.25, -0.2) is 9.18 Å². The number of fused-ring (bicyclic) bond motifs is 1. The van der Waals surface area contributed by atoms with E-state index in [9.17, 15) is 14.0 Å². The Kier molecular flexibility index (Phi) is 4.56. The molecular weight excluding hydrogens is 325 g/mol. The van der Waals surface area contributed by atoms with Crippen molar-refractivity contribution in [2.75, 3.05) is 18.9 Å². The molecule has 0 saturated heterocycles. The summed E-state index contributed by atoms with van der Waals surface area (Å²) < 4.78 is 19.4. The monoisotopic (exact) mass is 343 g/mol. The summed E-state index contributed by atoms with van der Waals surface area (Å²) in [4.78, 5) is 25.3. The lowest BCUT2D eigenvalue weighted by Gasteiger charge is -2.18. The number of oxazole rings is 1. The smallest absolute Gasteiger partial charge is 0.408 e. The van der Waals surface area contributed by atoms with E-state index >= 15 is 0 Å². The minimum absolute atomic E-state index is 0.106. The average Bonchev–Trinajstić information content (AvgIpc) is 2.89. The Morgan fingerprint density at radius 1 is 1.24 bits per heavy atom. The Morgan fingerprint density at radius 3 is 2.68 bits per heavy atom. The molecule has 0 aliphatic carbocycles. The lowest BCUT2D eigenvalue weighted by molar-refractivity contribution is -0.128. The van der Waals surface area contributed by atoms with Crippen LogP contribution in [0.4, 0.5) is 10.1 Å². The molecule has 2 aromatic carbocycles. The number of amides is 1. The van der Waals surface area contributed by atoms with Crippen molar-refractivity contribution in [3.05, 3.63) is 64.4 Å². The number of likely N-dealkylation sites (N-methyl/N-ethyl adjacent to an activating group) is 1. The van der Waals surface area contributed by atoms with E-state index < -0.39 is 5.76 Å². The van der Waals surface area contributed by atoms with Gasteiger partial charge < -0.3 is 14.6 Å². The SMILES string of the molecule is CN(Cc1ccc(F)cc1)C(=O)CNc1ccc2oc(=O)n(C)c2c1. The summed E-state index contributed by atoms with van der Waals surface area (Å²) in [6.07, 6.45) is 0. The molecule has 25 heavy (non-hydrogen) atoms. The summed E-state index contributed by atoms with van der Waals surface area (Å²) >= 11 is 0. The van der Waals surface area contributed by atoms with Crippen LogP contribution in [0.3, 0.4) is 0 Å². The van der Waals surface area contributed by atoms with Gasteiger partial charge in [0.2, 0.25) is 5.91 Å². The van der Waals surface area contributed by atoms with E-state index in [0.717, 1.165) is 5.56 Å². The second kappa shape index (κ2) is 6.80. The number of rotatable bonds is 5. The summed E-state index contributed by atoms with van der Waals surface area (Å²) in [7, 11) is 3.32. The molecule has 130 valence electrons. The van der Waals surface area contributed by atoms with Crippen molar-refractivity contribution < 1.29 is 13.6 Å². The van der Waals surface area contributed by atoms with Crippen molar-refractivity contribution in [2.24, 2.45) is 7.05 Å². The summed E-state index contributed by atoms with van der Waals surface area (Å²) in [6.45, 7) is 0.505. The molecule has 0 atom stereocenters. The van der Waals surface area contributed by atoms with Crippen LogP contribution in [0.2, 0.25) is 0 Å². The van der Waals surface area contributed by atoms with Crippen molar-refractivity contribution in [2.45, 2.75) is 6.54 Å². The number of carbonyl (C=O) groups is 1. The number of nitrogens with one attached hydrogen (secondary N) is 1. The lowest BCUT2D eigenvalue weighted by atomic mass is 10.2. The Hall–Kier alpha value is -3.09. The number of nitrogens with zero attached hydrogens (tertiary/aromatic N) is 2. The van der Waals surface area contributed by atoms with Gasteiger partial charge in [0, 0.05) is 26.3 Å². The molecule has 1 heterocycles. The predicted molar refractivity (Wildman–Crippen MR) is 92.8 cm³/mol. The maximum atomic E-state index is 12.9. The van der Waals surface area contributed by atoms with Crippen LogP contribution in [0.1, 0.15) is 5.56 Å². The van der Waals surface area contributed by atoms with Crippen molar-refractivity contribution in [3.8, 4) is 0 Å². The first-order valence-electron chi connectivity index (χ1n) is 7.76. The number of aryl methyl sites for hydroxylation is 1. The van der Waals surface area contributed by atoms with E-state index in [0.29, 0.717) is 23.3 Å². The fourth-order valence-electron chi connectivity index (χ4n) is 2.50. The first kappa shape index (κ1) is 16.8. The largest absolute Gasteiger partial charge is 0.419 e. The third-order valence-electron chi connectivity index (χ3n) is 3.99. The summed E-state index contributed by atoms with van der Waals surface area (Å²) in [6, 6.07) is 11.2. The highest BCUT2D eigenvalue weighted by atomic mass is 19.1. The average molecular weight is 343 g/mol. The standard InChI is InChI=1S/C18H18FN3O3/c1-21(11-12-3-5-13(19)6-4-12)17(23)10-20-14-7-8-16-15(9-14)22(2)18(24)25-16/h3-9,20H,10-11H2,1-2H3. The molecule has 0 aliphatic rings. The van der Waals surface area contributed by atoms with E-state index in [1.54, 1.807) is 49.3 Å². The maximum Gasteiger partial charge on any atom is 0.419 e. The van der Waals surface area contributed by atoms with Gasteiger partial charge in [0.1, 0.15) is 5.82 Å². The van der Waals surface area contributed by atoms with Crippen LogP contribution in [-0.4, -0.2) is 29.0 Å². The van der Waals surface area contributed by atoms with Gasteiger partial charge in [-0.2, -0.15) is 0 Å². The molecule has 0 spiro atoms. The van der Waals surface area contributed by atoms with Crippen molar-refractivity contribution in [1.82, 2.24) is 9.47 Å². The van der Waals surface area contributed by atoms with Crippen LogP contribution in [-0.2, 0) is 18.4 Å².